The van der Waals surface area contributed by atoms with Crippen LogP contribution in [0, 0.1) is 0 Å². The molecule has 0 atom stereocenters. The molecule has 0 unspecified atom stereocenters. The summed E-state index contributed by atoms with van der Waals surface area (Å²) in [6, 6.07) is 7.34. The van der Waals surface area contributed by atoms with Crippen molar-refractivity contribution in [3.8, 4) is 0 Å². The van der Waals surface area contributed by atoms with Crippen molar-refractivity contribution < 1.29 is 9.53 Å². The van der Waals surface area contributed by atoms with Crippen LogP contribution >= 0.6 is 11.3 Å². The van der Waals surface area contributed by atoms with Gasteiger partial charge >= 0.3 is 5.97 Å². The number of thiophene rings is 1. The molecular formula is C15H11NO3S. The van der Waals surface area contributed by atoms with E-state index < -0.39 is 0 Å². The van der Waals surface area contributed by atoms with Gasteiger partial charge in [-0.25, -0.2) is 4.98 Å². The Morgan fingerprint density at radius 2 is 1.95 bits per heavy atom. The Balaban J connectivity index is 2.48. The summed E-state index contributed by atoms with van der Waals surface area (Å²) in [6.07, 6.45) is 0.125. The molecule has 0 aliphatic rings. The highest BCUT2D eigenvalue weighted by Gasteiger charge is 2.13. The predicted molar refractivity (Wildman–Crippen MR) is 79.1 cm³/mol. The first-order valence-corrected chi connectivity index (χ1v) is 6.99. The van der Waals surface area contributed by atoms with E-state index in [1.54, 1.807) is 11.4 Å². The second-order valence-electron chi connectivity index (χ2n) is 4.36. The number of ether oxygens (including phenoxy) is 1. The molecule has 3 aromatic rings. The third-order valence-corrected chi connectivity index (χ3v) is 3.96. The largest absolute Gasteiger partial charge is 0.469 e. The lowest BCUT2D eigenvalue weighted by Crippen LogP contribution is -2.04. The Bertz CT molecular complexity index is 870. The molecule has 0 aliphatic carbocycles. The van der Waals surface area contributed by atoms with Gasteiger partial charge in [0.05, 0.1) is 24.4 Å². The van der Waals surface area contributed by atoms with Gasteiger partial charge in [0.1, 0.15) is 0 Å². The molecule has 5 heteroatoms. The normalized spacial score (nSPS) is 10.8. The summed E-state index contributed by atoms with van der Waals surface area (Å²) in [7, 11) is 1.36. The molecule has 20 heavy (non-hydrogen) atoms. The fraction of sp³-hybridized carbons (Fsp3) is 0.133. The minimum atomic E-state index is -0.332. The summed E-state index contributed by atoms with van der Waals surface area (Å²) in [6.45, 7) is 0. The van der Waals surface area contributed by atoms with Crippen LogP contribution in [0.3, 0.4) is 0 Å². The minimum Gasteiger partial charge on any atom is -0.469 e. The molecule has 0 saturated heterocycles. The zero-order valence-corrected chi connectivity index (χ0v) is 11.6. The lowest BCUT2D eigenvalue weighted by molar-refractivity contribution is -0.139. The molecular weight excluding hydrogens is 274 g/mol. The van der Waals surface area contributed by atoms with Gasteiger partial charge < -0.3 is 4.74 Å². The molecule has 0 aliphatic heterocycles. The van der Waals surface area contributed by atoms with Gasteiger partial charge in [0, 0.05) is 16.2 Å². The third kappa shape index (κ3) is 2.06. The third-order valence-electron chi connectivity index (χ3n) is 3.22. The number of para-hydroxylation sites is 1. The molecule has 1 aromatic carbocycles. The summed E-state index contributed by atoms with van der Waals surface area (Å²) in [4.78, 5) is 27.9. The van der Waals surface area contributed by atoms with Crippen LogP contribution in [0.1, 0.15) is 5.56 Å². The van der Waals surface area contributed by atoms with Crippen LogP contribution in [0.25, 0.3) is 21.7 Å². The molecule has 2 heterocycles. The number of esters is 1. The summed E-state index contributed by atoms with van der Waals surface area (Å²) in [5.41, 5.74) is 1.12. The molecule has 0 saturated carbocycles. The number of carbonyl (C=O) groups excluding carboxylic acids is 1. The Hall–Kier alpha value is -2.27. The van der Waals surface area contributed by atoms with Crippen LogP contribution in [0.5, 0.6) is 0 Å². The van der Waals surface area contributed by atoms with Crippen LogP contribution < -0.4 is 5.56 Å². The van der Waals surface area contributed by atoms with E-state index >= 15 is 0 Å². The lowest BCUT2D eigenvalue weighted by Gasteiger charge is -2.02. The maximum atomic E-state index is 12.1. The van der Waals surface area contributed by atoms with Gasteiger partial charge in [0.15, 0.2) is 0 Å². The molecule has 2 aromatic heterocycles. The fourth-order valence-corrected chi connectivity index (χ4v) is 3.08. The van der Waals surface area contributed by atoms with Gasteiger partial charge in [-0.05, 0) is 17.0 Å². The van der Waals surface area contributed by atoms with Crippen molar-refractivity contribution in [2.75, 3.05) is 7.11 Å². The SMILES string of the molecule is COC(=O)Cc1c2ccccc2nc(=O)c2cscc12. The van der Waals surface area contributed by atoms with Crippen LogP contribution in [0.2, 0.25) is 0 Å². The van der Waals surface area contributed by atoms with Crippen molar-refractivity contribution in [3.05, 3.63) is 50.9 Å². The standard InChI is InChI=1S/C15H11NO3S/c1-19-14(17)6-10-9-4-2-3-5-13(9)16-15(18)12-8-20-7-11(10)12/h2-5,7-8H,6H2,1H3. The number of methoxy groups -OCH3 is 1. The zero-order chi connectivity index (χ0) is 14.1. The van der Waals surface area contributed by atoms with Crippen molar-refractivity contribution in [2.24, 2.45) is 0 Å². The van der Waals surface area contributed by atoms with Crippen molar-refractivity contribution >= 4 is 39.0 Å². The number of hydrogen-bond acceptors (Lipinski definition) is 5. The first-order chi connectivity index (χ1) is 9.70. The van der Waals surface area contributed by atoms with Crippen molar-refractivity contribution in [1.29, 1.82) is 0 Å². The maximum Gasteiger partial charge on any atom is 0.310 e. The summed E-state index contributed by atoms with van der Waals surface area (Å²) < 4.78 is 4.76. The maximum absolute atomic E-state index is 12.1. The second kappa shape index (κ2) is 5.02. The van der Waals surface area contributed by atoms with Crippen LogP contribution in [-0.4, -0.2) is 18.1 Å². The van der Waals surface area contributed by atoms with Crippen LogP contribution in [0.15, 0.2) is 39.8 Å². The van der Waals surface area contributed by atoms with E-state index in [1.165, 1.54) is 18.4 Å². The number of hydrogen-bond donors (Lipinski definition) is 0. The number of aromatic nitrogens is 1. The Labute approximate surface area is 118 Å². The molecule has 0 fully saturated rings. The van der Waals surface area contributed by atoms with Gasteiger partial charge in [-0.15, -0.1) is 0 Å². The summed E-state index contributed by atoms with van der Waals surface area (Å²) in [5.74, 6) is -0.332. The van der Waals surface area contributed by atoms with Gasteiger partial charge in [0.25, 0.3) is 5.56 Å². The molecule has 100 valence electrons. The summed E-state index contributed by atoms with van der Waals surface area (Å²) in [5, 5.41) is 5.78. The van der Waals surface area contributed by atoms with Gasteiger partial charge in [-0.3, -0.25) is 9.59 Å². The van der Waals surface area contributed by atoms with Crippen molar-refractivity contribution in [2.45, 2.75) is 6.42 Å². The number of benzene rings is 1. The average Bonchev–Trinajstić information content (AvgIpc) is 2.91. The Morgan fingerprint density at radius 3 is 2.75 bits per heavy atom. The van der Waals surface area contributed by atoms with Gasteiger partial charge in [0.2, 0.25) is 0 Å². The minimum absolute atomic E-state index is 0.125. The number of nitrogens with zero attached hydrogens (tertiary/aromatic N) is 1. The highest BCUT2D eigenvalue weighted by Crippen LogP contribution is 2.25. The monoisotopic (exact) mass is 285 g/mol. The first kappa shape index (κ1) is 12.7. The van der Waals surface area contributed by atoms with E-state index in [0.29, 0.717) is 10.9 Å². The van der Waals surface area contributed by atoms with Gasteiger partial charge in [-0.1, -0.05) is 18.2 Å². The van der Waals surface area contributed by atoms with Crippen LogP contribution in [0.4, 0.5) is 0 Å². The molecule has 4 nitrogen and oxygen atoms in total. The first-order valence-electron chi connectivity index (χ1n) is 6.05. The molecule has 0 radical (unpaired) electrons. The van der Waals surface area contributed by atoms with E-state index in [0.717, 1.165) is 16.3 Å². The van der Waals surface area contributed by atoms with E-state index in [4.69, 9.17) is 4.74 Å². The Kier molecular flexibility index (Phi) is 3.20. The highest BCUT2D eigenvalue weighted by atomic mass is 32.1. The lowest BCUT2D eigenvalue weighted by atomic mass is 10.0. The zero-order valence-electron chi connectivity index (χ0n) is 10.8. The molecule has 0 spiro atoms. The Morgan fingerprint density at radius 1 is 1.20 bits per heavy atom. The average molecular weight is 285 g/mol. The number of rotatable bonds is 2. The fourth-order valence-electron chi connectivity index (χ4n) is 2.24. The van der Waals surface area contributed by atoms with Crippen molar-refractivity contribution in [3.63, 3.8) is 0 Å². The molecule has 3 rings (SSSR count). The van der Waals surface area contributed by atoms with Crippen LogP contribution in [-0.2, 0) is 16.0 Å². The molecule has 0 N–H and O–H groups in total. The number of fused-ring (bicyclic) bond motifs is 2. The van der Waals surface area contributed by atoms with Gasteiger partial charge in [-0.2, -0.15) is 11.3 Å². The van der Waals surface area contributed by atoms with E-state index in [1.807, 2.05) is 23.6 Å². The quantitative estimate of drug-likeness (QED) is 0.679. The topological polar surface area (TPSA) is 56.3 Å². The van der Waals surface area contributed by atoms with E-state index in [-0.39, 0.29) is 17.9 Å². The van der Waals surface area contributed by atoms with Crippen molar-refractivity contribution in [1.82, 2.24) is 4.98 Å². The van der Waals surface area contributed by atoms with E-state index in [9.17, 15) is 9.59 Å². The second-order valence-corrected chi connectivity index (χ2v) is 5.11. The predicted octanol–water partition coefficient (Wildman–Crippen LogP) is 2.53. The number of carbonyl (C=O) groups is 1. The molecule has 0 bridgehead atoms. The van der Waals surface area contributed by atoms with E-state index in [2.05, 4.69) is 4.98 Å². The highest BCUT2D eigenvalue weighted by molar-refractivity contribution is 7.09. The summed E-state index contributed by atoms with van der Waals surface area (Å²) >= 11 is 1.43. The molecule has 0 amide bonds. The smallest absolute Gasteiger partial charge is 0.310 e.